The molecular weight excluding hydrogens is 232 g/mol. The Morgan fingerprint density at radius 2 is 2.11 bits per heavy atom. The zero-order valence-corrected chi connectivity index (χ0v) is 10.6. The highest BCUT2D eigenvalue weighted by atomic mass is 16.2. The molecule has 0 spiro atoms. The summed E-state index contributed by atoms with van der Waals surface area (Å²) in [4.78, 5) is 26.8. The third-order valence-corrected chi connectivity index (χ3v) is 2.14. The minimum absolute atomic E-state index is 0.0827. The Bertz CT molecular complexity index is 415. The van der Waals surface area contributed by atoms with Crippen LogP contribution in [-0.2, 0) is 4.79 Å². The second kappa shape index (κ2) is 6.58. The van der Waals surface area contributed by atoms with Gasteiger partial charge in [0.15, 0.2) is 0 Å². The maximum atomic E-state index is 11.6. The number of pyridine rings is 1. The van der Waals surface area contributed by atoms with Crippen molar-refractivity contribution in [2.75, 3.05) is 12.3 Å². The van der Waals surface area contributed by atoms with Gasteiger partial charge in [-0.3, -0.25) is 9.59 Å². The lowest BCUT2D eigenvalue weighted by atomic mass is 10.2. The first kappa shape index (κ1) is 14.0. The molecule has 0 unspecified atom stereocenters. The van der Waals surface area contributed by atoms with Crippen LogP contribution in [-0.4, -0.2) is 29.4 Å². The molecule has 1 heterocycles. The largest absolute Gasteiger partial charge is 0.384 e. The molecule has 0 aliphatic rings. The van der Waals surface area contributed by atoms with Crippen LogP contribution in [0.3, 0.4) is 0 Å². The average Bonchev–Trinajstić information content (AvgIpc) is 2.28. The Morgan fingerprint density at radius 1 is 1.39 bits per heavy atom. The first-order chi connectivity index (χ1) is 8.49. The van der Waals surface area contributed by atoms with Gasteiger partial charge in [-0.15, -0.1) is 0 Å². The number of aromatic nitrogens is 1. The number of nitrogen functional groups attached to an aromatic ring is 1. The number of nitrogens with zero attached hydrogens (tertiary/aromatic N) is 1. The molecule has 0 saturated carbocycles. The van der Waals surface area contributed by atoms with E-state index >= 15 is 0 Å². The van der Waals surface area contributed by atoms with Crippen LogP contribution in [0, 0.1) is 0 Å². The molecule has 6 nitrogen and oxygen atoms in total. The Labute approximate surface area is 106 Å². The van der Waals surface area contributed by atoms with Crippen molar-refractivity contribution in [2.24, 2.45) is 0 Å². The molecule has 4 N–H and O–H groups in total. The van der Waals surface area contributed by atoms with Gasteiger partial charge in [0.1, 0.15) is 5.82 Å². The van der Waals surface area contributed by atoms with Gasteiger partial charge in [0.05, 0.1) is 5.56 Å². The Hall–Kier alpha value is -2.11. The third-order valence-electron chi connectivity index (χ3n) is 2.14. The molecule has 1 rings (SSSR count). The monoisotopic (exact) mass is 250 g/mol. The standard InChI is InChI=1S/C12H18N4O2/c1-8(2)16-11(17)5-6-14-12(18)9-3-4-10(13)15-7-9/h3-4,7-8H,5-6H2,1-2H3,(H2,13,15)(H,14,18)(H,16,17). The fraction of sp³-hybridized carbons (Fsp3) is 0.417. The van der Waals surface area contributed by atoms with E-state index in [0.717, 1.165) is 0 Å². The average molecular weight is 250 g/mol. The maximum absolute atomic E-state index is 11.6. The van der Waals surface area contributed by atoms with Crippen LogP contribution in [0.1, 0.15) is 30.6 Å². The molecule has 0 bridgehead atoms. The Kier molecular flexibility index (Phi) is 5.10. The van der Waals surface area contributed by atoms with Crippen LogP contribution in [0.5, 0.6) is 0 Å². The molecule has 0 aliphatic carbocycles. The van der Waals surface area contributed by atoms with Crippen molar-refractivity contribution in [3.8, 4) is 0 Å². The van der Waals surface area contributed by atoms with Crippen LogP contribution < -0.4 is 16.4 Å². The van der Waals surface area contributed by atoms with Crippen molar-refractivity contribution in [1.82, 2.24) is 15.6 Å². The molecular formula is C12H18N4O2. The van der Waals surface area contributed by atoms with E-state index in [-0.39, 0.29) is 24.3 Å². The SMILES string of the molecule is CC(C)NC(=O)CCNC(=O)c1ccc(N)nc1. The molecule has 98 valence electrons. The minimum Gasteiger partial charge on any atom is -0.384 e. The van der Waals surface area contributed by atoms with Crippen molar-refractivity contribution in [1.29, 1.82) is 0 Å². The number of amides is 2. The van der Waals surface area contributed by atoms with Gasteiger partial charge in [-0.05, 0) is 26.0 Å². The second-order valence-corrected chi connectivity index (χ2v) is 4.20. The minimum atomic E-state index is -0.264. The predicted molar refractivity (Wildman–Crippen MR) is 68.9 cm³/mol. The zero-order chi connectivity index (χ0) is 13.5. The summed E-state index contributed by atoms with van der Waals surface area (Å²) in [5, 5.41) is 5.39. The van der Waals surface area contributed by atoms with E-state index < -0.39 is 0 Å². The summed E-state index contributed by atoms with van der Waals surface area (Å²) in [6, 6.07) is 3.25. The van der Waals surface area contributed by atoms with Crippen LogP contribution >= 0.6 is 0 Å². The number of rotatable bonds is 5. The summed E-state index contributed by atoms with van der Waals surface area (Å²) >= 11 is 0. The summed E-state index contributed by atoms with van der Waals surface area (Å²) in [6.07, 6.45) is 1.66. The summed E-state index contributed by atoms with van der Waals surface area (Å²) in [5.41, 5.74) is 5.84. The van der Waals surface area contributed by atoms with Gasteiger partial charge in [0.2, 0.25) is 5.91 Å². The third kappa shape index (κ3) is 4.82. The van der Waals surface area contributed by atoms with Crippen molar-refractivity contribution in [3.63, 3.8) is 0 Å². The van der Waals surface area contributed by atoms with E-state index in [9.17, 15) is 9.59 Å². The smallest absolute Gasteiger partial charge is 0.252 e. The molecule has 0 saturated heterocycles. The Balaban J connectivity index is 2.33. The number of nitrogens with two attached hydrogens (primary N) is 1. The van der Waals surface area contributed by atoms with Gasteiger partial charge in [-0.2, -0.15) is 0 Å². The maximum Gasteiger partial charge on any atom is 0.252 e. The van der Waals surface area contributed by atoms with E-state index in [4.69, 9.17) is 5.73 Å². The van der Waals surface area contributed by atoms with Crippen LogP contribution in [0.15, 0.2) is 18.3 Å². The lowest BCUT2D eigenvalue weighted by molar-refractivity contribution is -0.121. The first-order valence-corrected chi connectivity index (χ1v) is 5.78. The van der Waals surface area contributed by atoms with Gasteiger partial charge in [-0.1, -0.05) is 0 Å². The van der Waals surface area contributed by atoms with Crippen molar-refractivity contribution >= 4 is 17.6 Å². The first-order valence-electron chi connectivity index (χ1n) is 5.78. The fourth-order valence-corrected chi connectivity index (χ4v) is 1.33. The number of carbonyl (C=O) groups is 2. The lowest BCUT2D eigenvalue weighted by Crippen LogP contribution is -2.34. The summed E-state index contributed by atoms with van der Waals surface area (Å²) < 4.78 is 0. The number of anilines is 1. The normalized spacial score (nSPS) is 10.2. The van der Waals surface area contributed by atoms with E-state index in [1.54, 1.807) is 12.1 Å². The van der Waals surface area contributed by atoms with Gasteiger partial charge in [0.25, 0.3) is 5.91 Å². The number of hydrogen-bond donors (Lipinski definition) is 3. The van der Waals surface area contributed by atoms with Crippen LogP contribution in [0.4, 0.5) is 5.82 Å². The molecule has 0 aliphatic heterocycles. The van der Waals surface area contributed by atoms with Crippen LogP contribution in [0.25, 0.3) is 0 Å². The molecule has 0 aromatic carbocycles. The molecule has 18 heavy (non-hydrogen) atoms. The van der Waals surface area contributed by atoms with Gasteiger partial charge in [0, 0.05) is 25.2 Å². The van der Waals surface area contributed by atoms with Gasteiger partial charge in [-0.25, -0.2) is 4.98 Å². The van der Waals surface area contributed by atoms with Gasteiger partial charge < -0.3 is 16.4 Å². The molecule has 0 radical (unpaired) electrons. The summed E-state index contributed by atoms with van der Waals surface area (Å²) in [6.45, 7) is 4.06. The topological polar surface area (TPSA) is 97.1 Å². The summed E-state index contributed by atoms with van der Waals surface area (Å²) in [5.74, 6) is 0.0171. The van der Waals surface area contributed by atoms with Crippen LogP contribution in [0.2, 0.25) is 0 Å². The molecule has 0 atom stereocenters. The molecule has 0 fully saturated rings. The predicted octanol–water partition coefficient (Wildman–Crippen LogP) is 0.308. The zero-order valence-electron chi connectivity index (χ0n) is 10.6. The molecule has 2 amide bonds. The van der Waals surface area contributed by atoms with E-state index in [2.05, 4.69) is 15.6 Å². The molecule has 6 heteroatoms. The van der Waals surface area contributed by atoms with E-state index in [1.165, 1.54) is 6.20 Å². The van der Waals surface area contributed by atoms with E-state index in [1.807, 2.05) is 13.8 Å². The quantitative estimate of drug-likeness (QED) is 0.700. The molecule has 1 aromatic heterocycles. The number of carbonyl (C=O) groups excluding carboxylic acids is 2. The van der Waals surface area contributed by atoms with Gasteiger partial charge >= 0.3 is 0 Å². The highest BCUT2D eigenvalue weighted by Gasteiger charge is 2.07. The summed E-state index contributed by atoms with van der Waals surface area (Å²) in [7, 11) is 0. The number of hydrogen-bond acceptors (Lipinski definition) is 4. The van der Waals surface area contributed by atoms with Crippen molar-refractivity contribution in [3.05, 3.63) is 23.9 Å². The number of nitrogens with one attached hydrogen (secondary N) is 2. The fourth-order valence-electron chi connectivity index (χ4n) is 1.33. The van der Waals surface area contributed by atoms with Crippen molar-refractivity contribution < 1.29 is 9.59 Å². The van der Waals surface area contributed by atoms with Crippen molar-refractivity contribution in [2.45, 2.75) is 26.3 Å². The second-order valence-electron chi connectivity index (χ2n) is 4.20. The Morgan fingerprint density at radius 3 is 2.67 bits per heavy atom. The highest BCUT2D eigenvalue weighted by Crippen LogP contribution is 2.00. The van der Waals surface area contributed by atoms with E-state index in [0.29, 0.717) is 17.9 Å². The highest BCUT2D eigenvalue weighted by molar-refractivity contribution is 5.94. The molecule has 1 aromatic rings. The lowest BCUT2D eigenvalue weighted by Gasteiger charge is -2.08.